The summed E-state index contributed by atoms with van der Waals surface area (Å²) >= 11 is 7.73. The molecular weight excluding hydrogens is 280 g/mol. The van der Waals surface area contributed by atoms with Crippen LogP contribution in [0.2, 0.25) is 5.02 Å². The standard InChI is InChI=1S/C14H17ClN2OS/c1-9-7-19-8-12(9)13(17-16)6-10-5-11(15)3-4-14(10)18-2/h3-5,7-8,13,17H,6,16H2,1-2H3. The molecule has 1 aromatic heterocycles. The van der Waals surface area contributed by atoms with Gasteiger partial charge in [0, 0.05) is 5.02 Å². The van der Waals surface area contributed by atoms with Crippen molar-refractivity contribution in [2.24, 2.45) is 5.84 Å². The smallest absolute Gasteiger partial charge is 0.122 e. The van der Waals surface area contributed by atoms with Gasteiger partial charge in [-0.3, -0.25) is 11.3 Å². The van der Waals surface area contributed by atoms with Gasteiger partial charge in [-0.25, -0.2) is 0 Å². The molecule has 0 aliphatic rings. The Hall–Kier alpha value is -1.07. The third kappa shape index (κ3) is 3.28. The van der Waals surface area contributed by atoms with Crippen molar-refractivity contribution in [2.75, 3.05) is 7.11 Å². The lowest BCUT2D eigenvalue weighted by atomic mass is 9.98. The molecule has 2 aromatic rings. The second-order valence-corrected chi connectivity index (χ2v) is 5.57. The molecule has 19 heavy (non-hydrogen) atoms. The highest BCUT2D eigenvalue weighted by Gasteiger charge is 2.16. The first-order valence-corrected chi connectivity index (χ1v) is 7.29. The van der Waals surface area contributed by atoms with Gasteiger partial charge in [0.2, 0.25) is 0 Å². The number of nitrogens with one attached hydrogen (secondary N) is 1. The Morgan fingerprint density at radius 1 is 1.42 bits per heavy atom. The zero-order valence-corrected chi connectivity index (χ0v) is 12.5. The second-order valence-electron chi connectivity index (χ2n) is 4.39. The van der Waals surface area contributed by atoms with Gasteiger partial charge in [-0.1, -0.05) is 11.6 Å². The van der Waals surface area contributed by atoms with E-state index >= 15 is 0 Å². The van der Waals surface area contributed by atoms with Crippen LogP contribution in [0.15, 0.2) is 29.0 Å². The highest BCUT2D eigenvalue weighted by Crippen LogP contribution is 2.29. The third-order valence-corrected chi connectivity index (χ3v) is 4.25. The molecule has 3 nitrogen and oxygen atoms in total. The zero-order chi connectivity index (χ0) is 13.8. The highest BCUT2D eigenvalue weighted by molar-refractivity contribution is 7.08. The summed E-state index contributed by atoms with van der Waals surface area (Å²) in [4.78, 5) is 0. The van der Waals surface area contributed by atoms with Gasteiger partial charge in [-0.2, -0.15) is 11.3 Å². The summed E-state index contributed by atoms with van der Waals surface area (Å²) in [6.45, 7) is 2.09. The number of benzene rings is 1. The van der Waals surface area contributed by atoms with Gasteiger partial charge >= 0.3 is 0 Å². The van der Waals surface area contributed by atoms with E-state index in [2.05, 4.69) is 23.1 Å². The third-order valence-electron chi connectivity index (χ3n) is 3.14. The number of aryl methyl sites for hydroxylation is 1. The summed E-state index contributed by atoms with van der Waals surface area (Å²) in [5.41, 5.74) is 6.38. The Morgan fingerprint density at radius 2 is 2.21 bits per heavy atom. The van der Waals surface area contributed by atoms with Crippen LogP contribution in [0.5, 0.6) is 5.75 Å². The Labute approximate surface area is 122 Å². The zero-order valence-electron chi connectivity index (χ0n) is 10.9. The topological polar surface area (TPSA) is 47.3 Å². The van der Waals surface area contributed by atoms with E-state index in [1.54, 1.807) is 18.4 Å². The Kier molecular flexibility index (Phi) is 4.82. The number of hydrogen-bond acceptors (Lipinski definition) is 4. The monoisotopic (exact) mass is 296 g/mol. The van der Waals surface area contributed by atoms with Crippen LogP contribution < -0.4 is 16.0 Å². The van der Waals surface area contributed by atoms with E-state index in [1.165, 1.54) is 11.1 Å². The first-order valence-electron chi connectivity index (χ1n) is 5.97. The van der Waals surface area contributed by atoms with Crippen molar-refractivity contribution in [1.29, 1.82) is 0 Å². The SMILES string of the molecule is COc1ccc(Cl)cc1CC(NN)c1cscc1C. The van der Waals surface area contributed by atoms with Gasteiger partial charge in [0.05, 0.1) is 13.2 Å². The predicted octanol–water partition coefficient (Wildman–Crippen LogP) is 3.47. The molecule has 0 radical (unpaired) electrons. The quantitative estimate of drug-likeness (QED) is 0.656. The van der Waals surface area contributed by atoms with Crippen molar-refractivity contribution >= 4 is 22.9 Å². The van der Waals surface area contributed by atoms with E-state index in [0.29, 0.717) is 5.02 Å². The Morgan fingerprint density at radius 3 is 2.79 bits per heavy atom. The van der Waals surface area contributed by atoms with E-state index < -0.39 is 0 Å². The van der Waals surface area contributed by atoms with Gasteiger partial charge in [0.1, 0.15) is 5.75 Å². The first-order chi connectivity index (χ1) is 9.15. The van der Waals surface area contributed by atoms with Crippen molar-refractivity contribution < 1.29 is 4.74 Å². The average Bonchev–Trinajstić information content (AvgIpc) is 2.82. The largest absolute Gasteiger partial charge is 0.496 e. The molecule has 0 fully saturated rings. The Bertz CT molecular complexity index is 556. The summed E-state index contributed by atoms with van der Waals surface area (Å²) in [5, 5.41) is 4.94. The minimum absolute atomic E-state index is 0.0543. The summed E-state index contributed by atoms with van der Waals surface area (Å²) in [7, 11) is 1.66. The molecule has 3 N–H and O–H groups in total. The van der Waals surface area contributed by atoms with Crippen LogP contribution in [0.3, 0.4) is 0 Å². The fourth-order valence-corrected chi connectivity index (χ4v) is 3.21. The van der Waals surface area contributed by atoms with Crippen LogP contribution in [0.25, 0.3) is 0 Å². The lowest BCUT2D eigenvalue weighted by Crippen LogP contribution is -2.29. The molecule has 0 amide bonds. The molecule has 1 aromatic carbocycles. The molecule has 0 spiro atoms. The van der Waals surface area contributed by atoms with Crippen LogP contribution in [0.1, 0.15) is 22.7 Å². The average molecular weight is 297 g/mol. The van der Waals surface area contributed by atoms with Gasteiger partial charge in [-0.05, 0) is 59.0 Å². The minimum atomic E-state index is 0.0543. The van der Waals surface area contributed by atoms with Gasteiger partial charge in [-0.15, -0.1) is 0 Å². The van der Waals surface area contributed by atoms with E-state index in [-0.39, 0.29) is 6.04 Å². The highest BCUT2D eigenvalue weighted by atomic mass is 35.5. The van der Waals surface area contributed by atoms with Crippen molar-refractivity contribution in [3.05, 3.63) is 50.7 Å². The molecule has 1 unspecified atom stereocenters. The van der Waals surface area contributed by atoms with Gasteiger partial charge < -0.3 is 4.74 Å². The lowest BCUT2D eigenvalue weighted by molar-refractivity contribution is 0.405. The van der Waals surface area contributed by atoms with E-state index in [0.717, 1.165) is 17.7 Å². The van der Waals surface area contributed by atoms with Crippen LogP contribution in [0.4, 0.5) is 0 Å². The van der Waals surface area contributed by atoms with E-state index in [9.17, 15) is 0 Å². The predicted molar refractivity (Wildman–Crippen MR) is 80.8 cm³/mol. The molecule has 0 bridgehead atoms. The van der Waals surface area contributed by atoms with Crippen LogP contribution >= 0.6 is 22.9 Å². The van der Waals surface area contributed by atoms with Crippen molar-refractivity contribution in [1.82, 2.24) is 5.43 Å². The molecule has 0 saturated carbocycles. The van der Waals surface area contributed by atoms with Gasteiger partial charge in [0.25, 0.3) is 0 Å². The first kappa shape index (κ1) is 14.3. The molecule has 2 rings (SSSR count). The minimum Gasteiger partial charge on any atom is -0.496 e. The molecule has 1 atom stereocenters. The maximum Gasteiger partial charge on any atom is 0.122 e. The maximum absolute atomic E-state index is 6.05. The van der Waals surface area contributed by atoms with Crippen molar-refractivity contribution in [3.8, 4) is 5.75 Å². The molecule has 102 valence electrons. The molecule has 0 aliphatic heterocycles. The summed E-state index contributed by atoms with van der Waals surface area (Å²) < 4.78 is 5.37. The number of methoxy groups -OCH3 is 1. The normalized spacial score (nSPS) is 12.4. The Balaban J connectivity index is 2.28. The number of ether oxygens (including phenoxy) is 1. The van der Waals surface area contributed by atoms with Gasteiger partial charge in [0.15, 0.2) is 0 Å². The number of rotatable bonds is 5. The molecule has 1 heterocycles. The molecule has 0 aliphatic carbocycles. The summed E-state index contributed by atoms with van der Waals surface area (Å²) in [5.74, 6) is 6.52. The number of hydrogen-bond donors (Lipinski definition) is 2. The summed E-state index contributed by atoms with van der Waals surface area (Å²) in [6.07, 6.45) is 0.734. The van der Waals surface area contributed by atoms with E-state index in [1.807, 2.05) is 18.2 Å². The molecular formula is C14H17ClN2OS. The number of halogens is 1. The van der Waals surface area contributed by atoms with Crippen LogP contribution in [-0.4, -0.2) is 7.11 Å². The number of nitrogens with two attached hydrogens (primary N) is 1. The summed E-state index contributed by atoms with van der Waals surface area (Å²) in [6, 6.07) is 5.68. The second kappa shape index (κ2) is 6.39. The van der Waals surface area contributed by atoms with Crippen molar-refractivity contribution in [3.63, 3.8) is 0 Å². The molecule has 5 heteroatoms. The van der Waals surface area contributed by atoms with E-state index in [4.69, 9.17) is 22.2 Å². The molecule has 0 saturated heterocycles. The fraction of sp³-hybridized carbons (Fsp3) is 0.286. The van der Waals surface area contributed by atoms with Crippen LogP contribution in [0, 0.1) is 6.92 Å². The maximum atomic E-state index is 6.05. The fourth-order valence-electron chi connectivity index (χ4n) is 2.11. The number of thiophene rings is 1. The van der Waals surface area contributed by atoms with Crippen molar-refractivity contribution in [2.45, 2.75) is 19.4 Å². The number of hydrazine groups is 1. The van der Waals surface area contributed by atoms with Crippen LogP contribution in [-0.2, 0) is 6.42 Å². The lowest BCUT2D eigenvalue weighted by Gasteiger charge is -2.18.